The van der Waals surface area contributed by atoms with Gasteiger partial charge >= 0.3 is 0 Å². The summed E-state index contributed by atoms with van der Waals surface area (Å²) < 4.78 is 2.26. The van der Waals surface area contributed by atoms with E-state index in [9.17, 15) is 0 Å². The van der Waals surface area contributed by atoms with E-state index in [1.54, 1.807) is 0 Å². The van der Waals surface area contributed by atoms with Crippen molar-refractivity contribution in [2.75, 3.05) is 0 Å². The zero-order chi connectivity index (χ0) is 12.7. The molecule has 0 aliphatic heterocycles. The van der Waals surface area contributed by atoms with Gasteiger partial charge in [-0.1, -0.05) is 44.2 Å². The van der Waals surface area contributed by atoms with Gasteiger partial charge in [-0.15, -0.1) is 0 Å². The van der Waals surface area contributed by atoms with Crippen molar-refractivity contribution in [1.29, 1.82) is 0 Å². The molecule has 0 radical (unpaired) electrons. The molecular formula is C17H18ClN. The minimum atomic E-state index is 0. The summed E-state index contributed by atoms with van der Waals surface area (Å²) in [6.45, 7) is 4.51. The van der Waals surface area contributed by atoms with Crippen molar-refractivity contribution in [3.63, 3.8) is 0 Å². The first-order chi connectivity index (χ1) is 8.68. The van der Waals surface area contributed by atoms with Gasteiger partial charge in [-0.25, -0.2) is 4.57 Å². The molecule has 0 unspecified atom stereocenters. The molecule has 3 aromatic rings. The summed E-state index contributed by atoms with van der Waals surface area (Å²) in [5, 5.41) is 3.99. The molecule has 0 spiro atoms. The highest BCUT2D eigenvalue weighted by molar-refractivity contribution is 6.04. The Morgan fingerprint density at radius 1 is 0.895 bits per heavy atom. The fraction of sp³-hybridized carbons (Fsp3) is 0.235. The molecule has 98 valence electrons. The molecule has 0 N–H and O–H groups in total. The van der Waals surface area contributed by atoms with Crippen molar-refractivity contribution < 1.29 is 17.0 Å². The summed E-state index contributed by atoms with van der Waals surface area (Å²) >= 11 is 0. The monoisotopic (exact) mass is 271 g/mol. The summed E-state index contributed by atoms with van der Waals surface area (Å²) in [7, 11) is 2.14. The van der Waals surface area contributed by atoms with Crippen LogP contribution in [-0.2, 0) is 7.05 Å². The van der Waals surface area contributed by atoms with Crippen LogP contribution in [0.4, 0.5) is 0 Å². The average Bonchev–Trinajstić information content (AvgIpc) is 2.38. The minimum absolute atomic E-state index is 0. The topological polar surface area (TPSA) is 3.88 Å². The van der Waals surface area contributed by atoms with Gasteiger partial charge in [-0.2, -0.15) is 0 Å². The van der Waals surface area contributed by atoms with Gasteiger partial charge in [0, 0.05) is 16.3 Å². The molecule has 1 heterocycles. The van der Waals surface area contributed by atoms with Crippen LogP contribution in [0, 0.1) is 0 Å². The molecule has 0 amide bonds. The Kier molecular flexibility index (Phi) is 3.77. The van der Waals surface area contributed by atoms with Gasteiger partial charge in [0.25, 0.3) is 0 Å². The van der Waals surface area contributed by atoms with E-state index in [0.29, 0.717) is 5.92 Å². The molecule has 0 fully saturated rings. The smallest absolute Gasteiger partial charge is 0.216 e. The Labute approximate surface area is 120 Å². The van der Waals surface area contributed by atoms with E-state index in [2.05, 4.69) is 74.1 Å². The lowest BCUT2D eigenvalue weighted by Gasteiger charge is -2.09. The first-order valence-electron chi connectivity index (χ1n) is 6.48. The maximum atomic E-state index is 2.26. The molecule has 0 saturated heterocycles. The zero-order valence-electron chi connectivity index (χ0n) is 11.5. The highest BCUT2D eigenvalue weighted by Crippen LogP contribution is 2.27. The van der Waals surface area contributed by atoms with Gasteiger partial charge in [0.2, 0.25) is 5.52 Å². The number of nitrogens with zero attached hydrogens (tertiary/aromatic N) is 1. The lowest BCUT2D eigenvalue weighted by molar-refractivity contribution is -0.643. The lowest BCUT2D eigenvalue weighted by atomic mass is 9.97. The van der Waals surface area contributed by atoms with Crippen molar-refractivity contribution in [1.82, 2.24) is 0 Å². The van der Waals surface area contributed by atoms with Gasteiger partial charge in [-0.05, 0) is 18.1 Å². The molecule has 2 aromatic carbocycles. The molecule has 0 aliphatic carbocycles. The second-order valence-electron chi connectivity index (χ2n) is 5.23. The Hall–Kier alpha value is -1.60. The molecule has 0 atom stereocenters. The van der Waals surface area contributed by atoms with Crippen LogP contribution in [0.3, 0.4) is 0 Å². The predicted octanol–water partition coefficient (Wildman–Crippen LogP) is 0.945. The van der Waals surface area contributed by atoms with Crippen LogP contribution in [0.1, 0.15) is 25.3 Å². The number of aryl methyl sites for hydroxylation is 1. The summed E-state index contributed by atoms with van der Waals surface area (Å²) in [5.74, 6) is 0.543. The number of fused-ring (bicyclic) bond motifs is 3. The van der Waals surface area contributed by atoms with E-state index in [-0.39, 0.29) is 12.4 Å². The Balaban J connectivity index is 0.00000133. The third-order valence-corrected chi connectivity index (χ3v) is 3.63. The van der Waals surface area contributed by atoms with E-state index in [1.165, 1.54) is 27.2 Å². The molecule has 0 bridgehead atoms. The SMILES string of the molecule is CC(C)c1cccc2c3ccccc3c[n+](C)c12.[Cl-]. The number of para-hydroxylation sites is 1. The van der Waals surface area contributed by atoms with Crippen LogP contribution in [0.15, 0.2) is 48.7 Å². The minimum Gasteiger partial charge on any atom is -1.00 e. The van der Waals surface area contributed by atoms with E-state index >= 15 is 0 Å². The van der Waals surface area contributed by atoms with Gasteiger partial charge in [0.1, 0.15) is 7.05 Å². The molecule has 19 heavy (non-hydrogen) atoms. The first kappa shape index (κ1) is 13.8. The van der Waals surface area contributed by atoms with Crippen molar-refractivity contribution in [3.8, 4) is 0 Å². The molecule has 3 rings (SSSR count). The van der Waals surface area contributed by atoms with Gasteiger partial charge < -0.3 is 12.4 Å². The standard InChI is InChI=1S/C17H18N.ClH/c1-12(2)14-9-6-10-16-15-8-5-4-7-13(15)11-18(3)17(14)16;/h4-12H,1-3H3;1H/q+1;/p-1. The van der Waals surface area contributed by atoms with Crippen molar-refractivity contribution in [2.45, 2.75) is 19.8 Å². The fourth-order valence-electron chi connectivity index (χ4n) is 2.77. The van der Waals surface area contributed by atoms with E-state index < -0.39 is 0 Å². The Bertz CT molecular complexity index is 732. The Morgan fingerprint density at radius 2 is 1.58 bits per heavy atom. The summed E-state index contributed by atoms with van der Waals surface area (Å²) in [4.78, 5) is 0. The largest absolute Gasteiger partial charge is 1.00 e. The molecule has 1 nitrogen and oxygen atoms in total. The van der Waals surface area contributed by atoms with Gasteiger partial charge in [0.05, 0.1) is 5.39 Å². The Morgan fingerprint density at radius 3 is 2.32 bits per heavy atom. The predicted molar refractivity (Wildman–Crippen MR) is 76.7 cm³/mol. The highest BCUT2D eigenvalue weighted by Gasteiger charge is 2.15. The van der Waals surface area contributed by atoms with Crippen LogP contribution < -0.4 is 17.0 Å². The normalized spacial score (nSPS) is 10.9. The third-order valence-electron chi connectivity index (χ3n) is 3.63. The quantitative estimate of drug-likeness (QED) is 0.458. The van der Waals surface area contributed by atoms with Crippen molar-refractivity contribution in [2.24, 2.45) is 7.05 Å². The van der Waals surface area contributed by atoms with Crippen molar-refractivity contribution >= 4 is 21.7 Å². The van der Waals surface area contributed by atoms with Crippen molar-refractivity contribution in [3.05, 3.63) is 54.2 Å². The highest BCUT2D eigenvalue weighted by atomic mass is 35.5. The van der Waals surface area contributed by atoms with Crippen LogP contribution in [-0.4, -0.2) is 0 Å². The molecule has 0 saturated carbocycles. The molecule has 0 aliphatic rings. The molecular weight excluding hydrogens is 254 g/mol. The van der Waals surface area contributed by atoms with Crippen LogP contribution in [0.25, 0.3) is 21.7 Å². The summed E-state index contributed by atoms with van der Waals surface area (Å²) in [6.07, 6.45) is 2.23. The van der Waals surface area contributed by atoms with E-state index in [0.717, 1.165) is 0 Å². The summed E-state index contributed by atoms with van der Waals surface area (Å²) in [6, 6.07) is 15.2. The van der Waals surface area contributed by atoms with Gasteiger partial charge in [0.15, 0.2) is 6.20 Å². The number of hydrogen-bond donors (Lipinski definition) is 0. The third kappa shape index (κ3) is 2.19. The number of aromatic nitrogens is 1. The first-order valence-corrected chi connectivity index (χ1v) is 6.48. The lowest BCUT2D eigenvalue weighted by Crippen LogP contribution is -3.00. The second kappa shape index (κ2) is 5.18. The fourth-order valence-corrected chi connectivity index (χ4v) is 2.77. The number of halogens is 1. The molecule has 2 heteroatoms. The summed E-state index contributed by atoms with van der Waals surface area (Å²) in [5.41, 5.74) is 2.77. The number of hydrogen-bond acceptors (Lipinski definition) is 0. The van der Waals surface area contributed by atoms with Crippen LogP contribution in [0.5, 0.6) is 0 Å². The van der Waals surface area contributed by atoms with Crippen LogP contribution in [0.2, 0.25) is 0 Å². The second-order valence-corrected chi connectivity index (χ2v) is 5.23. The number of pyridine rings is 1. The number of benzene rings is 2. The maximum absolute atomic E-state index is 2.26. The molecule has 1 aromatic heterocycles. The number of rotatable bonds is 1. The average molecular weight is 272 g/mol. The van der Waals surface area contributed by atoms with E-state index in [4.69, 9.17) is 0 Å². The maximum Gasteiger partial charge on any atom is 0.216 e. The van der Waals surface area contributed by atoms with Gasteiger partial charge in [-0.3, -0.25) is 0 Å². The zero-order valence-corrected chi connectivity index (χ0v) is 12.3. The van der Waals surface area contributed by atoms with Crippen LogP contribution >= 0.6 is 0 Å². The van der Waals surface area contributed by atoms with E-state index in [1.807, 2.05) is 0 Å².